The van der Waals surface area contributed by atoms with E-state index in [0.29, 0.717) is 11.7 Å². The van der Waals surface area contributed by atoms with Crippen molar-refractivity contribution in [2.75, 3.05) is 24.5 Å². The van der Waals surface area contributed by atoms with Crippen molar-refractivity contribution in [3.05, 3.63) is 10.5 Å². The minimum absolute atomic E-state index is 0.0498. The Kier molecular flexibility index (Phi) is 2.88. The van der Waals surface area contributed by atoms with Gasteiger partial charge in [-0.3, -0.25) is 4.79 Å². The van der Waals surface area contributed by atoms with Crippen molar-refractivity contribution in [2.45, 2.75) is 6.42 Å². The van der Waals surface area contributed by atoms with Crippen LogP contribution in [0.2, 0.25) is 5.15 Å². The molecule has 1 amide bonds. The number of aromatic nitrogens is 1. The van der Waals surface area contributed by atoms with E-state index in [4.69, 9.17) is 11.6 Å². The van der Waals surface area contributed by atoms with Gasteiger partial charge in [0.15, 0.2) is 5.13 Å². The quantitative estimate of drug-likeness (QED) is 0.788. The summed E-state index contributed by atoms with van der Waals surface area (Å²) in [7, 11) is 0. The molecule has 0 unspecified atom stereocenters. The maximum Gasteiger partial charge on any atom is 0.239 e. The minimum atomic E-state index is 0.0498. The maximum absolute atomic E-state index is 11.3. The van der Waals surface area contributed by atoms with E-state index in [1.165, 1.54) is 11.3 Å². The predicted octanol–water partition coefficient (Wildman–Crippen LogP) is 1.12. The molecule has 0 aromatic carbocycles. The molecule has 14 heavy (non-hydrogen) atoms. The summed E-state index contributed by atoms with van der Waals surface area (Å²) in [6.07, 6.45) is 0.947. The molecule has 1 N–H and O–H groups in total. The van der Waals surface area contributed by atoms with Crippen LogP contribution in [0.1, 0.15) is 6.42 Å². The lowest BCUT2D eigenvalue weighted by molar-refractivity contribution is -0.119. The number of nitrogens with one attached hydrogen (secondary N) is 1. The molecular weight excluding hydrogens is 222 g/mol. The highest BCUT2D eigenvalue weighted by Crippen LogP contribution is 2.23. The second-order valence-corrected chi connectivity index (χ2v) is 4.30. The highest BCUT2D eigenvalue weighted by Gasteiger charge is 2.17. The number of rotatable bonds is 1. The predicted molar refractivity (Wildman–Crippen MR) is 57.0 cm³/mol. The van der Waals surface area contributed by atoms with Gasteiger partial charge in [0.25, 0.3) is 0 Å². The summed E-state index contributed by atoms with van der Waals surface area (Å²) in [5.41, 5.74) is 0. The summed E-state index contributed by atoms with van der Waals surface area (Å²) in [4.78, 5) is 17.4. The van der Waals surface area contributed by atoms with Crippen molar-refractivity contribution in [1.82, 2.24) is 10.3 Å². The van der Waals surface area contributed by atoms with E-state index in [1.54, 1.807) is 5.38 Å². The molecule has 76 valence electrons. The van der Waals surface area contributed by atoms with Gasteiger partial charge in [-0.05, 0) is 6.42 Å². The zero-order valence-electron chi connectivity index (χ0n) is 7.49. The number of thiazole rings is 1. The third-order valence-electron chi connectivity index (χ3n) is 2.00. The second-order valence-electron chi connectivity index (χ2n) is 3.08. The summed E-state index contributed by atoms with van der Waals surface area (Å²) < 4.78 is 0. The van der Waals surface area contributed by atoms with Gasteiger partial charge in [-0.25, -0.2) is 4.98 Å². The first kappa shape index (κ1) is 9.73. The van der Waals surface area contributed by atoms with Gasteiger partial charge in [-0.2, -0.15) is 0 Å². The third kappa shape index (κ3) is 2.16. The summed E-state index contributed by atoms with van der Waals surface area (Å²) in [6, 6.07) is 0. The summed E-state index contributed by atoms with van der Waals surface area (Å²) in [5, 5.41) is 5.91. The molecule has 2 rings (SSSR count). The first-order valence-corrected chi connectivity index (χ1v) is 5.64. The molecule has 0 bridgehead atoms. The highest BCUT2D eigenvalue weighted by atomic mass is 35.5. The lowest BCUT2D eigenvalue weighted by Crippen LogP contribution is -2.32. The second kappa shape index (κ2) is 4.14. The van der Waals surface area contributed by atoms with Crippen molar-refractivity contribution in [1.29, 1.82) is 0 Å². The highest BCUT2D eigenvalue weighted by molar-refractivity contribution is 7.14. The third-order valence-corrected chi connectivity index (χ3v) is 3.22. The Balaban J connectivity index is 2.12. The molecule has 1 saturated heterocycles. The van der Waals surface area contributed by atoms with Crippen LogP contribution in [0.25, 0.3) is 0 Å². The fourth-order valence-electron chi connectivity index (χ4n) is 1.36. The van der Waals surface area contributed by atoms with E-state index in [0.717, 1.165) is 24.6 Å². The van der Waals surface area contributed by atoms with Crippen LogP contribution in [0.5, 0.6) is 0 Å². The number of hydrogen-bond donors (Lipinski definition) is 1. The largest absolute Gasteiger partial charge is 0.354 e. The number of nitrogens with zero attached hydrogens (tertiary/aromatic N) is 2. The number of halogens is 1. The van der Waals surface area contributed by atoms with E-state index in [1.807, 2.05) is 4.90 Å². The Labute approximate surface area is 90.9 Å². The summed E-state index contributed by atoms with van der Waals surface area (Å²) in [5.74, 6) is 0.0498. The molecule has 1 aliphatic rings. The first-order valence-electron chi connectivity index (χ1n) is 4.38. The molecule has 0 atom stereocenters. The Bertz CT molecular complexity index is 341. The van der Waals surface area contributed by atoms with Gasteiger partial charge in [0, 0.05) is 18.5 Å². The van der Waals surface area contributed by atoms with Crippen LogP contribution in [0, 0.1) is 0 Å². The standard InChI is InChI=1S/C8H10ClN3OS/c9-6-5-14-8(11-6)12-3-1-2-10-7(13)4-12/h5H,1-4H2,(H,10,13). The molecule has 0 aliphatic carbocycles. The normalized spacial score (nSPS) is 17.8. The lowest BCUT2D eigenvalue weighted by Gasteiger charge is -2.16. The van der Waals surface area contributed by atoms with Crippen molar-refractivity contribution in [3.63, 3.8) is 0 Å². The fraction of sp³-hybridized carbons (Fsp3) is 0.500. The van der Waals surface area contributed by atoms with Gasteiger partial charge >= 0.3 is 0 Å². The molecule has 1 aliphatic heterocycles. The van der Waals surface area contributed by atoms with Crippen LogP contribution in [0.3, 0.4) is 0 Å². The summed E-state index contributed by atoms with van der Waals surface area (Å²) >= 11 is 7.20. The van der Waals surface area contributed by atoms with Gasteiger partial charge in [-0.1, -0.05) is 11.6 Å². The molecule has 4 nitrogen and oxygen atoms in total. The van der Waals surface area contributed by atoms with E-state index >= 15 is 0 Å². The Morgan fingerprint density at radius 2 is 2.50 bits per heavy atom. The van der Waals surface area contributed by atoms with Crippen molar-refractivity contribution < 1.29 is 4.79 Å². The van der Waals surface area contributed by atoms with Crippen molar-refractivity contribution in [2.24, 2.45) is 0 Å². The van der Waals surface area contributed by atoms with Crippen LogP contribution in [0.4, 0.5) is 5.13 Å². The summed E-state index contributed by atoms with van der Waals surface area (Å²) in [6.45, 7) is 1.97. The van der Waals surface area contributed by atoms with E-state index in [2.05, 4.69) is 10.3 Å². The van der Waals surface area contributed by atoms with Gasteiger partial charge in [0.2, 0.25) is 5.91 Å². The van der Waals surface area contributed by atoms with Crippen molar-refractivity contribution in [3.8, 4) is 0 Å². The number of carbonyl (C=O) groups excluding carboxylic acids is 1. The number of hydrogen-bond acceptors (Lipinski definition) is 4. The van der Waals surface area contributed by atoms with Gasteiger partial charge in [0.05, 0.1) is 6.54 Å². The van der Waals surface area contributed by atoms with Gasteiger partial charge < -0.3 is 10.2 Å². The van der Waals surface area contributed by atoms with E-state index in [-0.39, 0.29) is 5.91 Å². The van der Waals surface area contributed by atoms with Crippen LogP contribution >= 0.6 is 22.9 Å². The molecule has 1 aromatic rings. The minimum Gasteiger partial charge on any atom is -0.354 e. The molecule has 1 fully saturated rings. The monoisotopic (exact) mass is 231 g/mol. The SMILES string of the molecule is O=C1CN(c2nc(Cl)cs2)CCCN1. The van der Waals surface area contributed by atoms with Crippen LogP contribution in [0.15, 0.2) is 5.38 Å². The van der Waals surface area contributed by atoms with Crippen LogP contribution in [-0.4, -0.2) is 30.5 Å². The zero-order valence-corrected chi connectivity index (χ0v) is 9.07. The average Bonchev–Trinajstić information content (AvgIpc) is 2.45. The fourth-order valence-corrected chi connectivity index (χ4v) is 2.34. The van der Waals surface area contributed by atoms with Gasteiger partial charge in [0.1, 0.15) is 5.15 Å². The lowest BCUT2D eigenvalue weighted by atomic mass is 10.4. The Morgan fingerprint density at radius 1 is 1.64 bits per heavy atom. The van der Waals surface area contributed by atoms with E-state index < -0.39 is 0 Å². The van der Waals surface area contributed by atoms with Crippen LogP contribution < -0.4 is 10.2 Å². The molecule has 1 aromatic heterocycles. The Morgan fingerprint density at radius 3 is 3.21 bits per heavy atom. The maximum atomic E-state index is 11.3. The molecular formula is C8H10ClN3OS. The molecule has 2 heterocycles. The van der Waals surface area contributed by atoms with Crippen molar-refractivity contribution >= 4 is 34.0 Å². The molecule has 0 saturated carbocycles. The zero-order chi connectivity index (χ0) is 9.97. The number of anilines is 1. The Hall–Kier alpha value is -0.810. The number of amides is 1. The average molecular weight is 232 g/mol. The molecule has 0 radical (unpaired) electrons. The number of carbonyl (C=O) groups is 1. The van der Waals surface area contributed by atoms with E-state index in [9.17, 15) is 4.79 Å². The molecule has 6 heteroatoms. The molecule has 0 spiro atoms. The van der Waals surface area contributed by atoms with Gasteiger partial charge in [-0.15, -0.1) is 11.3 Å². The van der Waals surface area contributed by atoms with Crippen LogP contribution in [-0.2, 0) is 4.79 Å². The smallest absolute Gasteiger partial charge is 0.239 e. The topological polar surface area (TPSA) is 45.2 Å². The first-order chi connectivity index (χ1) is 6.75.